The summed E-state index contributed by atoms with van der Waals surface area (Å²) in [6.45, 7) is 0. The molecule has 33 heavy (non-hydrogen) atoms. The molecule has 1 aromatic carbocycles. The number of unbranched alkanes of at least 4 members (excludes halogenated alkanes) is 4. The van der Waals surface area contributed by atoms with Crippen LogP contribution in [0.25, 0.3) is 10.9 Å². The number of benzene rings is 1. The van der Waals surface area contributed by atoms with E-state index in [2.05, 4.69) is 27.6 Å². The Morgan fingerprint density at radius 3 is 2.73 bits per heavy atom. The van der Waals surface area contributed by atoms with Crippen molar-refractivity contribution in [3.63, 3.8) is 0 Å². The number of aliphatic carboxylic acids is 1. The summed E-state index contributed by atoms with van der Waals surface area (Å²) < 4.78 is 0. The van der Waals surface area contributed by atoms with Crippen molar-refractivity contribution in [3.05, 3.63) is 59.0 Å². The monoisotopic (exact) mass is 448 g/mol. The van der Waals surface area contributed by atoms with Crippen molar-refractivity contribution in [2.75, 3.05) is 0 Å². The molecule has 1 aliphatic rings. The first kappa shape index (κ1) is 23.0. The van der Waals surface area contributed by atoms with Gasteiger partial charge in [0.15, 0.2) is 0 Å². The lowest BCUT2D eigenvalue weighted by molar-refractivity contribution is -0.139. The second kappa shape index (κ2) is 11.1. The third-order valence-corrected chi connectivity index (χ3v) is 6.47. The first-order chi connectivity index (χ1) is 16.1. The minimum Gasteiger partial charge on any atom is -0.480 e. The lowest BCUT2D eigenvalue weighted by Crippen LogP contribution is -2.40. The molecule has 1 atom stereocenters. The van der Waals surface area contributed by atoms with Crippen molar-refractivity contribution in [1.29, 1.82) is 0 Å². The molecule has 0 bridgehead atoms. The third-order valence-electron chi connectivity index (χ3n) is 6.47. The van der Waals surface area contributed by atoms with Crippen molar-refractivity contribution >= 4 is 22.8 Å². The van der Waals surface area contributed by atoms with Crippen LogP contribution in [0.15, 0.2) is 36.5 Å². The lowest BCUT2D eigenvalue weighted by atomic mass is 9.95. The molecule has 1 amide bonds. The first-order valence-corrected chi connectivity index (χ1v) is 12.0. The van der Waals surface area contributed by atoms with E-state index < -0.39 is 12.0 Å². The van der Waals surface area contributed by atoms with Gasteiger partial charge in [-0.2, -0.15) is 5.10 Å². The number of aryl methyl sites for hydroxylation is 3. The van der Waals surface area contributed by atoms with E-state index in [9.17, 15) is 14.7 Å². The van der Waals surface area contributed by atoms with E-state index in [4.69, 9.17) is 4.98 Å². The number of aromatic amines is 1. The van der Waals surface area contributed by atoms with E-state index in [1.165, 1.54) is 36.2 Å². The van der Waals surface area contributed by atoms with Crippen molar-refractivity contribution in [3.8, 4) is 0 Å². The quantitative estimate of drug-likeness (QED) is 0.372. The molecule has 7 heteroatoms. The van der Waals surface area contributed by atoms with Gasteiger partial charge in [-0.3, -0.25) is 14.9 Å². The Kier molecular flexibility index (Phi) is 7.70. The zero-order chi connectivity index (χ0) is 23.0. The van der Waals surface area contributed by atoms with Crippen LogP contribution in [-0.2, 0) is 24.1 Å². The van der Waals surface area contributed by atoms with Crippen LogP contribution >= 0.6 is 0 Å². The number of carbonyl (C=O) groups excluding carboxylic acids is 1. The topological polar surface area (TPSA) is 108 Å². The summed E-state index contributed by atoms with van der Waals surface area (Å²) >= 11 is 0. The summed E-state index contributed by atoms with van der Waals surface area (Å²) in [4.78, 5) is 29.0. The fourth-order valence-electron chi connectivity index (χ4n) is 4.53. The zero-order valence-corrected chi connectivity index (χ0v) is 19.0. The van der Waals surface area contributed by atoms with Gasteiger partial charge in [-0.25, -0.2) is 4.79 Å². The molecule has 0 fully saturated rings. The van der Waals surface area contributed by atoms with Gasteiger partial charge >= 0.3 is 5.97 Å². The van der Waals surface area contributed by atoms with Gasteiger partial charge < -0.3 is 10.4 Å². The molecular weight excluding hydrogens is 416 g/mol. The number of amides is 1. The maximum absolute atomic E-state index is 12.5. The molecule has 0 saturated heterocycles. The molecule has 0 spiro atoms. The molecule has 174 valence electrons. The number of rotatable bonds is 11. The SMILES string of the molecule is O=C(N[C@@H](CCCCCCCc1ccc2c(n1)CCCC2)C(=O)O)c1ccc2cn[nH]c2c1. The van der Waals surface area contributed by atoms with Crippen LogP contribution in [0, 0.1) is 0 Å². The largest absolute Gasteiger partial charge is 0.480 e. The molecule has 3 aromatic rings. The fourth-order valence-corrected chi connectivity index (χ4v) is 4.53. The Morgan fingerprint density at radius 2 is 1.85 bits per heavy atom. The van der Waals surface area contributed by atoms with Crippen LogP contribution in [0.2, 0.25) is 0 Å². The van der Waals surface area contributed by atoms with Gasteiger partial charge in [0.1, 0.15) is 6.04 Å². The number of hydrogen-bond donors (Lipinski definition) is 3. The van der Waals surface area contributed by atoms with Crippen LogP contribution in [0.5, 0.6) is 0 Å². The summed E-state index contributed by atoms with van der Waals surface area (Å²) in [5, 5.41) is 19.8. The predicted molar refractivity (Wildman–Crippen MR) is 127 cm³/mol. The van der Waals surface area contributed by atoms with Gasteiger partial charge in [0.25, 0.3) is 5.91 Å². The normalized spacial score (nSPS) is 14.1. The Hall–Kier alpha value is -3.22. The number of aromatic nitrogens is 3. The maximum Gasteiger partial charge on any atom is 0.326 e. The van der Waals surface area contributed by atoms with Gasteiger partial charge in [-0.05, 0) is 68.7 Å². The minimum atomic E-state index is -0.996. The van der Waals surface area contributed by atoms with Crippen molar-refractivity contribution in [1.82, 2.24) is 20.5 Å². The molecular formula is C26H32N4O3. The van der Waals surface area contributed by atoms with E-state index in [1.807, 2.05) is 0 Å². The van der Waals surface area contributed by atoms with Gasteiger partial charge in [-0.1, -0.05) is 37.8 Å². The van der Waals surface area contributed by atoms with Gasteiger partial charge in [0.2, 0.25) is 0 Å². The minimum absolute atomic E-state index is 0.378. The molecule has 0 radical (unpaired) electrons. The molecule has 1 aliphatic carbocycles. The van der Waals surface area contributed by atoms with E-state index >= 15 is 0 Å². The van der Waals surface area contributed by atoms with Crippen LogP contribution in [0.3, 0.4) is 0 Å². The first-order valence-electron chi connectivity index (χ1n) is 12.0. The summed E-state index contributed by atoms with van der Waals surface area (Å²) in [5.41, 5.74) is 5.09. The molecule has 0 aliphatic heterocycles. The fraction of sp³-hybridized carbons (Fsp3) is 0.462. The highest BCUT2D eigenvalue weighted by Gasteiger charge is 2.20. The molecule has 0 unspecified atom stereocenters. The Bertz CT molecular complexity index is 1110. The molecule has 0 saturated carbocycles. The highest BCUT2D eigenvalue weighted by atomic mass is 16.4. The number of nitrogens with zero attached hydrogens (tertiary/aromatic N) is 2. The second-order valence-electron chi connectivity index (χ2n) is 8.96. The average Bonchev–Trinajstić information content (AvgIpc) is 3.30. The van der Waals surface area contributed by atoms with E-state index in [0.717, 1.165) is 55.8 Å². The van der Waals surface area contributed by atoms with Gasteiger partial charge in [0.05, 0.1) is 11.7 Å². The standard InChI is InChI=1S/C26H32N4O3/c31-25(19-12-13-20-17-27-30-24(20)16-19)29-23(26(32)33)11-5-3-1-2-4-9-21-15-14-18-8-6-7-10-22(18)28-21/h12-17,23H,1-11H2,(H,27,30)(H,29,31)(H,32,33)/t23-/m0/s1. The van der Waals surface area contributed by atoms with Gasteiger partial charge in [0, 0.05) is 22.3 Å². The summed E-state index contributed by atoms with van der Waals surface area (Å²) in [6, 6.07) is 8.72. The number of hydrogen-bond acceptors (Lipinski definition) is 4. The third kappa shape index (κ3) is 6.18. The predicted octanol–water partition coefficient (Wildman–Crippen LogP) is 4.60. The lowest BCUT2D eigenvalue weighted by Gasteiger charge is -2.15. The number of carboxylic acid groups (broad SMARTS) is 1. The summed E-state index contributed by atoms with van der Waals surface area (Å²) in [7, 11) is 0. The molecule has 3 N–H and O–H groups in total. The van der Waals surface area contributed by atoms with Crippen LogP contribution < -0.4 is 5.32 Å². The Balaban J connectivity index is 1.15. The number of fused-ring (bicyclic) bond motifs is 2. The van der Waals surface area contributed by atoms with Crippen LogP contribution in [0.4, 0.5) is 0 Å². The molecule has 7 nitrogen and oxygen atoms in total. The Morgan fingerprint density at radius 1 is 1.03 bits per heavy atom. The van der Waals surface area contributed by atoms with Crippen molar-refractivity contribution in [2.45, 2.75) is 76.7 Å². The molecule has 4 rings (SSSR count). The van der Waals surface area contributed by atoms with Gasteiger partial charge in [-0.15, -0.1) is 0 Å². The highest BCUT2D eigenvalue weighted by Crippen LogP contribution is 2.20. The highest BCUT2D eigenvalue weighted by molar-refractivity contribution is 5.99. The van der Waals surface area contributed by atoms with Crippen molar-refractivity contribution < 1.29 is 14.7 Å². The van der Waals surface area contributed by atoms with Crippen molar-refractivity contribution in [2.24, 2.45) is 0 Å². The number of H-pyrrole nitrogens is 1. The molecule has 2 heterocycles. The number of carboxylic acids is 1. The van der Waals surface area contributed by atoms with Crippen LogP contribution in [0.1, 0.15) is 78.7 Å². The number of pyridine rings is 1. The second-order valence-corrected chi connectivity index (χ2v) is 8.96. The summed E-state index contributed by atoms with van der Waals surface area (Å²) in [5.74, 6) is -1.37. The summed E-state index contributed by atoms with van der Waals surface area (Å²) in [6.07, 6.45) is 12.9. The average molecular weight is 449 g/mol. The number of nitrogens with one attached hydrogen (secondary N) is 2. The zero-order valence-electron chi connectivity index (χ0n) is 19.0. The van der Waals surface area contributed by atoms with Crippen LogP contribution in [-0.4, -0.2) is 38.2 Å². The van der Waals surface area contributed by atoms with E-state index in [1.54, 1.807) is 24.4 Å². The van der Waals surface area contributed by atoms with E-state index in [0.29, 0.717) is 12.0 Å². The molecule has 2 aromatic heterocycles. The smallest absolute Gasteiger partial charge is 0.326 e. The van der Waals surface area contributed by atoms with E-state index in [-0.39, 0.29) is 5.91 Å². The maximum atomic E-state index is 12.5. The Labute approximate surface area is 194 Å². The number of carbonyl (C=O) groups is 2.